The fourth-order valence-electron chi connectivity index (χ4n) is 1.84. The molecule has 16 heavy (non-hydrogen) atoms. The lowest BCUT2D eigenvalue weighted by atomic mass is 10.2. The van der Waals surface area contributed by atoms with Gasteiger partial charge in [-0.15, -0.1) is 11.8 Å². The Balaban J connectivity index is 1.99. The normalized spacial score (nSPS) is 19.7. The molecule has 3 nitrogen and oxygen atoms in total. The van der Waals surface area contributed by atoms with E-state index in [-0.39, 0.29) is 11.9 Å². The molecule has 1 atom stereocenters. The highest BCUT2D eigenvalue weighted by molar-refractivity contribution is 7.98. The first-order valence-electron chi connectivity index (χ1n) is 5.48. The maximum atomic E-state index is 11.8. The van der Waals surface area contributed by atoms with Gasteiger partial charge in [0, 0.05) is 10.6 Å². The summed E-state index contributed by atoms with van der Waals surface area (Å²) in [7, 11) is 0. The summed E-state index contributed by atoms with van der Waals surface area (Å²) in [6.07, 6.45) is 4.05. The topological polar surface area (TPSA) is 41.1 Å². The van der Waals surface area contributed by atoms with E-state index in [1.54, 1.807) is 11.8 Å². The van der Waals surface area contributed by atoms with Crippen LogP contribution in [0.3, 0.4) is 0 Å². The van der Waals surface area contributed by atoms with Crippen LogP contribution in [-0.4, -0.2) is 24.7 Å². The monoisotopic (exact) mass is 236 g/mol. The average Bonchev–Trinajstić information content (AvgIpc) is 2.83. The van der Waals surface area contributed by atoms with Crippen molar-refractivity contribution in [2.75, 3.05) is 18.1 Å². The van der Waals surface area contributed by atoms with Gasteiger partial charge in [0.15, 0.2) is 0 Å². The summed E-state index contributed by atoms with van der Waals surface area (Å²) in [4.78, 5) is 13.0. The molecule has 1 aliphatic heterocycles. The number of anilines is 1. The fraction of sp³-hybridized carbons (Fsp3) is 0.417. The fourth-order valence-corrected chi connectivity index (χ4v) is 2.30. The Bertz CT molecular complexity index is 375. The van der Waals surface area contributed by atoms with Crippen LogP contribution in [0, 0.1) is 0 Å². The molecular weight excluding hydrogens is 220 g/mol. The summed E-state index contributed by atoms with van der Waals surface area (Å²) in [6, 6.07) is 7.90. The Hall–Kier alpha value is -1.00. The zero-order valence-corrected chi connectivity index (χ0v) is 10.1. The molecule has 1 amide bonds. The van der Waals surface area contributed by atoms with Gasteiger partial charge < -0.3 is 10.6 Å². The van der Waals surface area contributed by atoms with Gasteiger partial charge in [-0.05, 0) is 43.8 Å². The third-order valence-corrected chi connectivity index (χ3v) is 3.44. The SMILES string of the molecule is CSc1cccc(NC(=O)C2CCCN2)c1. The Morgan fingerprint density at radius 1 is 1.56 bits per heavy atom. The summed E-state index contributed by atoms with van der Waals surface area (Å²) in [5, 5.41) is 6.13. The van der Waals surface area contributed by atoms with Gasteiger partial charge in [0.05, 0.1) is 6.04 Å². The number of amides is 1. The number of benzene rings is 1. The van der Waals surface area contributed by atoms with Gasteiger partial charge in [-0.3, -0.25) is 4.79 Å². The largest absolute Gasteiger partial charge is 0.325 e. The van der Waals surface area contributed by atoms with Crippen molar-refractivity contribution in [3.05, 3.63) is 24.3 Å². The molecule has 1 fully saturated rings. The molecule has 0 bridgehead atoms. The Kier molecular flexibility index (Phi) is 3.85. The van der Waals surface area contributed by atoms with Crippen molar-refractivity contribution in [2.24, 2.45) is 0 Å². The summed E-state index contributed by atoms with van der Waals surface area (Å²) in [6.45, 7) is 0.947. The number of hydrogen-bond donors (Lipinski definition) is 2. The molecule has 0 aliphatic carbocycles. The predicted octanol–water partition coefficient (Wildman–Crippen LogP) is 2.10. The molecule has 1 saturated heterocycles. The lowest BCUT2D eigenvalue weighted by Gasteiger charge is -2.11. The maximum absolute atomic E-state index is 11.8. The van der Waals surface area contributed by atoms with Crippen LogP contribution in [0.4, 0.5) is 5.69 Å². The van der Waals surface area contributed by atoms with Crippen LogP contribution in [0.15, 0.2) is 29.2 Å². The minimum absolute atomic E-state index is 0.0158. The number of carbonyl (C=O) groups is 1. The van der Waals surface area contributed by atoms with E-state index in [0.717, 1.165) is 30.0 Å². The smallest absolute Gasteiger partial charge is 0.241 e. The van der Waals surface area contributed by atoms with E-state index in [0.29, 0.717) is 0 Å². The quantitative estimate of drug-likeness (QED) is 0.790. The third kappa shape index (κ3) is 2.77. The first-order chi connectivity index (χ1) is 7.79. The molecular formula is C12H16N2OS. The second kappa shape index (κ2) is 5.37. The van der Waals surface area contributed by atoms with E-state index in [4.69, 9.17) is 0 Å². The predicted molar refractivity (Wildman–Crippen MR) is 67.9 cm³/mol. The number of rotatable bonds is 3. The zero-order valence-electron chi connectivity index (χ0n) is 9.32. The van der Waals surface area contributed by atoms with Crippen LogP contribution in [0.2, 0.25) is 0 Å². The average molecular weight is 236 g/mol. The molecule has 0 saturated carbocycles. The van der Waals surface area contributed by atoms with Crippen molar-refractivity contribution >= 4 is 23.4 Å². The van der Waals surface area contributed by atoms with E-state index in [9.17, 15) is 4.79 Å². The summed E-state index contributed by atoms with van der Waals surface area (Å²) >= 11 is 1.68. The van der Waals surface area contributed by atoms with Crippen LogP contribution < -0.4 is 10.6 Å². The second-order valence-corrected chi connectivity index (χ2v) is 4.75. The molecule has 0 spiro atoms. The van der Waals surface area contributed by atoms with E-state index >= 15 is 0 Å². The molecule has 1 aromatic rings. The minimum atomic E-state index is -0.0158. The highest BCUT2D eigenvalue weighted by atomic mass is 32.2. The van der Waals surface area contributed by atoms with E-state index in [2.05, 4.69) is 10.6 Å². The van der Waals surface area contributed by atoms with Gasteiger partial charge in [-0.2, -0.15) is 0 Å². The molecule has 2 rings (SSSR count). The highest BCUT2D eigenvalue weighted by Crippen LogP contribution is 2.19. The van der Waals surface area contributed by atoms with E-state index in [1.807, 2.05) is 30.5 Å². The molecule has 86 valence electrons. The van der Waals surface area contributed by atoms with Gasteiger partial charge in [-0.1, -0.05) is 6.07 Å². The van der Waals surface area contributed by atoms with Crippen LogP contribution in [0.1, 0.15) is 12.8 Å². The summed E-state index contributed by atoms with van der Waals surface area (Å²) < 4.78 is 0. The standard InChI is InChI=1S/C12H16N2OS/c1-16-10-5-2-4-9(8-10)14-12(15)11-6-3-7-13-11/h2,4-5,8,11,13H,3,6-7H2,1H3,(H,14,15). The molecule has 0 radical (unpaired) electrons. The van der Waals surface area contributed by atoms with Crippen molar-refractivity contribution in [1.29, 1.82) is 0 Å². The lowest BCUT2D eigenvalue weighted by Crippen LogP contribution is -2.35. The van der Waals surface area contributed by atoms with Crippen molar-refractivity contribution in [2.45, 2.75) is 23.8 Å². The molecule has 0 aromatic heterocycles. The molecule has 1 aliphatic rings. The Morgan fingerprint density at radius 3 is 3.12 bits per heavy atom. The van der Waals surface area contributed by atoms with Gasteiger partial charge in [0.1, 0.15) is 0 Å². The van der Waals surface area contributed by atoms with Gasteiger partial charge in [-0.25, -0.2) is 0 Å². The van der Waals surface area contributed by atoms with E-state index in [1.165, 1.54) is 0 Å². The van der Waals surface area contributed by atoms with Gasteiger partial charge in [0.25, 0.3) is 0 Å². The minimum Gasteiger partial charge on any atom is -0.325 e. The number of carbonyl (C=O) groups excluding carboxylic acids is 1. The zero-order chi connectivity index (χ0) is 11.4. The van der Waals surface area contributed by atoms with Crippen LogP contribution in [0.25, 0.3) is 0 Å². The third-order valence-electron chi connectivity index (χ3n) is 2.71. The van der Waals surface area contributed by atoms with Gasteiger partial charge in [0.2, 0.25) is 5.91 Å². The number of thioether (sulfide) groups is 1. The molecule has 1 heterocycles. The van der Waals surface area contributed by atoms with Crippen LogP contribution >= 0.6 is 11.8 Å². The lowest BCUT2D eigenvalue weighted by molar-refractivity contribution is -0.117. The van der Waals surface area contributed by atoms with Crippen molar-refractivity contribution in [1.82, 2.24) is 5.32 Å². The maximum Gasteiger partial charge on any atom is 0.241 e. The molecule has 4 heteroatoms. The molecule has 2 N–H and O–H groups in total. The first-order valence-corrected chi connectivity index (χ1v) is 6.70. The first kappa shape index (κ1) is 11.5. The van der Waals surface area contributed by atoms with Crippen molar-refractivity contribution in [3.8, 4) is 0 Å². The van der Waals surface area contributed by atoms with Crippen LogP contribution in [0.5, 0.6) is 0 Å². The number of hydrogen-bond acceptors (Lipinski definition) is 3. The molecule has 1 unspecified atom stereocenters. The van der Waals surface area contributed by atoms with Crippen LogP contribution in [-0.2, 0) is 4.79 Å². The van der Waals surface area contributed by atoms with Crippen molar-refractivity contribution in [3.63, 3.8) is 0 Å². The highest BCUT2D eigenvalue weighted by Gasteiger charge is 2.21. The second-order valence-electron chi connectivity index (χ2n) is 3.87. The molecule has 1 aromatic carbocycles. The van der Waals surface area contributed by atoms with E-state index < -0.39 is 0 Å². The Labute approximate surface area is 100.0 Å². The summed E-state index contributed by atoms with van der Waals surface area (Å²) in [5.41, 5.74) is 0.880. The summed E-state index contributed by atoms with van der Waals surface area (Å²) in [5.74, 6) is 0.0794. The number of nitrogens with one attached hydrogen (secondary N) is 2. The van der Waals surface area contributed by atoms with Gasteiger partial charge >= 0.3 is 0 Å². The Morgan fingerprint density at radius 2 is 2.44 bits per heavy atom. The van der Waals surface area contributed by atoms with Crippen molar-refractivity contribution < 1.29 is 4.79 Å².